The van der Waals surface area contributed by atoms with Gasteiger partial charge in [-0.2, -0.15) is 4.39 Å². The van der Waals surface area contributed by atoms with Crippen LogP contribution in [0.1, 0.15) is 5.56 Å². The summed E-state index contributed by atoms with van der Waals surface area (Å²) in [5, 5.41) is 7.57. The van der Waals surface area contributed by atoms with Gasteiger partial charge in [-0.25, -0.2) is 27.1 Å². The topological polar surface area (TPSA) is 146 Å². The van der Waals surface area contributed by atoms with Crippen molar-refractivity contribution in [3.63, 3.8) is 0 Å². The van der Waals surface area contributed by atoms with Crippen LogP contribution < -0.4 is 16.0 Å². The van der Waals surface area contributed by atoms with Crippen LogP contribution in [-0.2, 0) is 20.0 Å². The number of nitrogens with two attached hydrogens (primary N) is 3. The molecule has 0 aromatic heterocycles. The molecule has 0 fully saturated rings. The number of nitrogen functional groups attached to an aromatic ring is 1. The highest BCUT2D eigenvalue weighted by atomic mass is 35.5. The molecule has 1 rings (SSSR count). The van der Waals surface area contributed by atoms with Gasteiger partial charge < -0.3 is 5.73 Å². The predicted octanol–water partition coefficient (Wildman–Crippen LogP) is 0.637. The van der Waals surface area contributed by atoms with E-state index in [4.69, 9.17) is 39.2 Å². The van der Waals surface area contributed by atoms with Crippen LogP contribution in [0.2, 0.25) is 0 Å². The van der Waals surface area contributed by atoms with Crippen molar-refractivity contribution >= 4 is 54.0 Å². The van der Waals surface area contributed by atoms with E-state index >= 15 is 0 Å². The van der Waals surface area contributed by atoms with Crippen molar-refractivity contribution in [2.75, 3.05) is 5.73 Å². The first-order valence-corrected chi connectivity index (χ1v) is 8.41. The minimum absolute atomic E-state index is 0.439. The van der Waals surface area contributed by atoms with Crippen LogP contribution in [0.3, 0.4) is 0 Å². The molecule has 1 aromatic rings. The molecular weight excluding hydrogens is 356 g/mol. The third-order valence-corrected chi connectivity index (χ3v) is 4.70. The molecule has 0 bridgehead atoms. The predicted molar refractivity (Wildman–Crippen MR) is 73.3 cm³/mol. The van der Waals surface area contributed by atoms with E-state index < -0.39 is 51.4 Å². The van der Waals surface area contributed by atoms with E-state index in [9.17, 15) is 21.2 Å². The number of anilines is 1. The minimum Gasteiger partial charge on any atom is -0.398 e. The van der Waals surface area contributed by atoms with Gasteiger partial charge in [0.25, 0.3) is 0 Å². The molecule has 0 amide bonds. The fourth-order valence-electron chi connectivity index (χ4n) is 1.33. The zero-order chi connectivity index (χ0) is 15.9. The van der Waals surface area contributed by atoms with Crippen molar-refractivity contribution in [3.8, 4) is 0 Å². The van der Waals surface area contributed by atoms with E-state index in [1.807, 2.05) is 0 Å². The largest absolute Gasteiger partial charge is 0.398 e. The van der Waals surface area contributed by atoms with Gasteiger partial charge in [0, 0.05) is 5.56 Å². The first kappa shape index (κ1) is 17.1. The molecule has 20 heavy (non-hydrogen) atoms. The molecule has 0 radical (unpaired) electrons. The Hall–Kier alpha value is -0.910. The number of sulfonamides is 2. The molecule has 0 aliphatic carbocycles. The van der Waals surface area contributed by atoms with Crippen LogP contribution in [0.25, 0.3) is 5.03 Å². The average Bonchev–Trinajstić information content (AvgIpc) is 2.23. The molecule has 0 atom stereocenters. The number of rotatable bonds is 3. The second-order valence-corrected chi connectivity index (χ2v) is 7.32. The summed E-state index contributed by atoms with van der Waals surface area (Å²) in [6, 6.07) is 1.38. The van der Waals surface area contributed by atoms with Crippen LogP contribution >= 0.6 is 23.2 Å². The van der Waals surface area contributed by atoms with Crippen LogP contribution in [-0.4, -0.2) is 16.8 Å². The lowest BCUT2D eigenvalue weighted by Crippen LogP contribution is -2.19. The van der Waals surface area contributed by atoms with E-state index in [0.717, 1.165) is 6.07 Å². The Morgan fingerprint density at radius 3 is 1.80 bits per heavy atom. The van der Waals surface area contributed by atoms with Crippen LogP contribution in [0, 0.1) is 0 Å². The highest BCUT2D eigenvalue weighted by molar-refractivity contribution is 7.90. The van der Waals surface area contributed by atoms with E-state index in [1.165, 1.54) is 0 Å². The number of halogens is 3. The molecule has 1 aromatic carbocycles. The van der Waals surface area contributed by atoms with Crippen LogP contribution in [0.4, 0.5) is 10.1 Å². The van der Waals surface area contributed by atoms with Crippen molar-refractivity contribution in [1.82, 2.24) is 0 Å². The van der Waals surface area contributed by atoms with Crippen molar-refractivity contribution in [2.45, 2.75) is 9.79 Å². The summed E-state index contributed by atoms with van der Waals surface area (Å²) in [5.74, 6) is 0. The van der Waals surface area contributed by atoms with Gasteiger partial charge in [-0.1, -0.05) is 11.6 Å². The van der Waals surface area contributed by atoms with Gasteiger partial charge in [-0.05, 0) is 23.7 Å². The summed E-state index contributed by atoms with van der Waals surface area (Å²) < 4.78 is 58.3. The summed E-state index contributed by atoms with van der Waals surface area (Å²) in [7, 11) is -8.74. The van der Waals surface area contributed by atoms with E-state index in [2.05, 4.69) is 0 Å². The second kappa shape index (κ2) is 5.47. The van der Waals surface area contributed by atoms with E-state index in [-0.39, 0.29) is 0 Å². The molecule has 0 aliphatic heterocycles. The summed E-state index contributed by atoms with van der Waals surface area (Å²) in [6.07, 6.45) is 0. The zero-order valence-electron chi connectivity index (χ0n) is 9.47. The van der Waals surface area contributed by atoms with Gasteiger partial charge in [-0.15, -0.1) is 0 Å². The van der Waals surface area contributed by atoms with Crippen molar-refractivity contribution in [1.29, 1.82) is 0 Å². The highest BCUT2D eigenvalue weighted by Gasteiger charge is 2.24. The SMILES string of the molecule is Nc1cc(/C(Cl)=C(\F)Cl)c(S(N)(=O)=O)cc1S(N)(=O)=O. The van der Waals surface area contributed by atoms with Gasteiger partial charge in [0.15, 0.2) is 0 Å². The van der Waals surface area contributed by atoms with Gasteiger partial charge in [-0.3, -0.25) is 0 Å². The maximum Gasteiger partial charge on any atom is 0.240 e. The molecule has 0 aliphatic rings. The number of hydrogen-bond acceptors (Lipinski definition) is 5. The lowest BCUT2D eigenvalue weighted by Gasteiger charge is -2.11. The van der Waals surface area contributed by atoms with Crippen molar-refractivity contribution in [3.05, 3.63) is 23.0 Å². The van der Waals surface area contributed by atoms with Gasteiger partial charge in [0.05, 0.1) is 15.6 Å². The average molecular weight is 364 g/mol. The summed E-state index contributed by atoms with van der Waals surface area (Å²) >= 11 is 10.5. The molecule has 112 valence electrons. The molecule has 6 N–H and O–H groups in total. The maximum atomic E-state index is 12.9. The summed E-state index contributed by atoms with van der Waals surface area (Å²) in [6.45, 7) is 0. The lowest BCUT2D eigenvalue weighted by atomic mass is 10.2. The Balaban J connectivity index is 3.91. The molecule has 0 heterocycles. The number of hydrogen-bond donors (Lipinski definition) is 3. The van der Waals surface area contributed by atoms with Gasteiger partial charge in [0.2, 0.25) is 25.3 Å². The standard InChI is InChI=1S/C8H8Cl2FN3O4S2/c9-7(8(10)11)3-1-4(12)6(20(14,17)18)2-5(3)19(13,15)16/h1-2H,12H2,(H2,13,15,16)(H2,14,17,18)/b8-7+. The molecule has 0 saturated carbocycles. The Morgan fingerprint density at radius 1 is 1.00 bits per heavy atom. The van der Waals surface area contributed by atoms with Gasteiger partial charge in [0.1, 0.15) is 4.90 Å². The first-order valence-electron chi connectivity index (χ1n) is 4.56. The number of benzene rings is 1. The third kappa shape index (κ3) is 3.59. The summed E-state index contributed by atoms with van der Waals surface area (Å²) in [5.41, 5.74) is 4.50. The summed E-state index contributed by atoms with van der Waals surface area (Å²) in [4.78, 5) is -1.47. The lowest BCUT2D eigenvalue weighted by molar-refractivity contribution is 0.596. The molecule has 7 nitrogen and oxygen atoms in total. The molecular formula is C8H8Cl2FN3O4S2. The van der Waals surface area contributed by atoms with Crippen LogP contribution in [0.15, 0.2) is 27.2 Å². The van der Waals surface area contributed by atoms with Crippen molar-refractivity contribution in [2.24, 2.45) is 10.3 Å². The fraction of sp³-hybridized carbons (Fsp3) is 0. The molecule has 0 unspecified atom stereocenters. The monoisotopic (exact) mass is 363 g/mol. The Bertz CT molecular complexity index is 801. The molecule has 0 saturated heterocycles. The highest BCUT2D eigenvalue weighted by Crippen LogP contribution is 2.34. The Labute approximate surface area is 124 Å². The fourth-order valence-corrected chi connectivity index (χ4v) is 3.14. The number of primary sulfonamides is 2. The second-order valence-electron chi connectivity index (χ2n) is 3.55. The van der Waals surface area contributed by atoms with E-state index in [0.29, 0.717) is 6.07 Å². The molecule has 0 spiro atoms. The Kier molecular flexibility index (Phi) is 4.69. The van der Waals surface area contributed by atoms with Crippen LogP contribution in [0.5, 0.6) is 0 Å². The smallest absolute Gasteiger partial charge is 0.240 e. The van der Waals surface area contributed by atoms with Gasteiger partial charge >= 0.3 is 0 Å². The zero-order valence-corrected chi connectivity index (χ0v) is 12.6. The molecule has 12 heteroatoms. The van der Waals surface area contributed by atoms with Crippen molar-refractivity contribution < 1.29 is 21.2 Å². The van der Waals surface area contributed by atoms with E-state index in [1.54, 1.807) is 0 Å². The Morgan fingerprint density at radius 2 is 1.45 bits per heavy atom. The first-order chi connectivity index (χ1) is 8.85. The minimum atomic E-state index is -4.43. The quantitative estimate of drug-likeness (QED) is 0.674. The normalized spacial score (nSPS) is 14.1. The third-order valence-electron chi connectivity index (χ3n) is 2.13. The maximum absolute atomic E-state index is 12.9.